The Morgan fingerprint density at radius 1 is 1.29 bits per heavy atom. The van der Waals surface area contributed by atoms with Crippen molar-refractivity contribution in [3.05, 3.63) is 36.5 Å². The fraction of sp³-hybridized carbons (Fsp3) is 0.200. The van der Waals surface area contributed by atoms with E-state index in [1.807, 2.05) is 0 Å². The predicted molar refractivity (Wildman–Crippen MR) is 61.2 cm³/mol. The molecule has 1 aromatic heterocycles. The van der Waals surface area contributed by atoms with E-state index in [2.05, 4.69) is 20.0 Å². The van der Waals surface area contributed by atoms with Crippen LogP contribution >= 0.6 is 0 Å². The van der Waals surface area contributed by atoms with Gasteiger partial charge in [-0.1, -0.05) is 5.16 Å². The van der Waals surface area contributed by atoms with E-state index >= 15 is 0 Å². The molecule has 6 nitrogen and oxygen atoms in total. The quantitative estimate of drug-likeness (QED) is 0.877. The molecule has 90 valence electrons. The van der Waals surface area contributed by atoms with Crippen molar-refractivity contribution in [2.75, 3.05) is 11.6 Å². The van der Waals surface area contributed by atoms with Gasteiger partial charge in [-0.3, -0.25) is 0 Å². The molecule has 0 spiro atoms. The largest absolute Gasteiger partial charge is 0.378 e. The molecular formula is C10H11N3O3S. The van der Waals surface area contributed by atoms with Crippen LogP contribution in [-0.4, -0.2) is 24.8 Å². The molecule has 0 saturated carbocycles. The molecule has 2 aromatic rings. The van der Waals surface area contributed by atoms with Gasteiger partial charge in [-0.25, -0.2) is 8.42 Å². The number of rotatable bonds is 4. The minimum Gasteiger partial charge on any atom is -0.378 e. The highest BCUT2D eigenvalue weighted by atomic mass is 32.2. The number of sulfone groups is 1. The fourth-order valence-corrected chi connectivity index (χ4v) is 1.90. The molecule has 0 radical (unpaired) electrons. The zero-order valence-corrected chi connectivity index (χ0v) is 9.94. The number of nitrogens with zero attached hydrogens (tertiary/aromatic N) is 2. The summed E-state index contributed by atoms with van der Waals surface area (Å²) in [6, 6.07) is 6.48. The highest BCUT2D eigenvalue weighted by molar-refractivity contribution is 7.90. The summed E-state index contributed by atoms with van der Waals surface area (Å²) in [4.78, 5) is 4.15. The van der Waals surface area contributed by atoms with Crippen molar-refractivity contribution in [2.45, 2.75) is 11.4 Å². The van der Waals surface area contributed by atoms with Crippen LogP contribution in [0.2, 0.25) is 0 Å². The first-order chi connectivity index (χ1) is 8.05. The van der Waals surface area contributed by atoms with Gasteiger partial charge in [-0.05, 0) is 24.3 Å². The normalized spacial score (nSPS) is 11.4. The Labute approximate surface area is 98.6 Å². The molecule has 1 heterocycles. The molecule has 0 atom stereocenters. The standard InChI is InChI=1S/C10H11N3O3S/c1-17(14,15)9-4-2-8(3-5-9)11-6-10-12-7-16-13-10/h2-5,7,11H,6H2,1H3. The summed E-state index contributed by atoms with van der Waals surface area (Å²) in [5.74, 6) is 0.539. The predicted octanol–water partition coefficient (Wildman–Crippen LogP) is 1.09. The smallest absolute Gasteiger partial charge is 0.213 e. The second-order valence-electron chi connectivity index (χ2n) is 3.50. The third-order valence-electron chi connectivity index (χ3n) is 2.14. The first-order valence-electron chi connectivity index (χ1n) is 4.85. The Morgan fingerprint density at radius 3 is 2.53 bits per heavy atom. The molecule has 7 heteroatoms. The van der Waals surface area contributed by atoms with Gasteiger partial charge in [0, 0.05) is 11.9 Å². The van der Waals surface area contributed by atoms with Crippen LogP contribution in [0, 0.1) is 0 Å². The minimum atomic E-state index is -3.15. The van der Waals surface area contributed by atoms with Gasteiger partial charge < -0.3 is 9.84 Å². The molecule has 0 aliphatic heterocycles. The molecule has 2 rings (SSSR count). The van der Waals surface area contributed by atoms with Crippen LogP contribution in [0.15, 0.2) is 40.1 Å². The van der Waals surface area contributed by atoms with E-state index in [1.54, 1.807) is 24.3 Å². The van der Waals surface area contributed by atoms with Crippen molar-refractivity contribution in [3.63, 3.8) is 0 Å². The number of hydrogen-bond acceptors (Lipinski definition) is 6. The SMILES string of the molecule is CS(=O)(=O)c1ccc(NCc2ncon2)cc1. The molecule has 0 bridgehead atoms. The van der Waals surface area contributed by atoms with E-state index in [9.17, 15) is 8.42 Å². The van der Waals surface area contributed by atoms with Crippen LogP contribution in [0.5, 0.6) is 0 Å². The topological polar surface area (TPSA) is 85.1 Å². The van der Waals surface area contributed by atoms with Gasteiger partial charge in [0.25, 0.3) is 0 Å². The minimum absolute atomic E-state index is 0.294. The summed E-state index contributed by atoms with van der Waals surface area (Å²) in [7, 11) is -3.15. The van der Waals surface area contributed by atoms with E-state index in [-0.39, 0.29) is 0 Å². The van der Waals surface area contributed by atoms with Crippen molar-refractivity contribution in [2.24, 2.45) is 0 Å². The number of benzene rings is 1. The molecule has 1 aromatic carbocycles. The van der Waals surface area contributed by atoms with E-state index in [0.29, 0.717) is 17.3 Å². The van der Waals surface area contributed by atoms with Crippen molar-refractivity contribution in [3.8, 4) is 0 Å². The number of hydrogen-bond donors (Lipinski definition) is 1. The van der Waals surface area contributed by atoms with Crippen molar-refractivity contribution in [1.82, 2.24) is 10.1 Å². The molecule has 0 amide bonds. The van der Waals surface area contributed by atoms with Crippen LogP contribution in [0.4, 0.5) is 5.69 Å². The fourth-order valence-electron chi connectivity index (χ4n) is 1.27. The monoisotopic (exact) mass is 253 g/mol. The molecule has 0 unspecified atom stereocenters. The average Bonchev–Trinajstić information content (AvgIpc) is 2.78. The molecule has 0 aliphatic rings. The summed E-state index contributed by atoms with van der Waals surface area (Å²) in [5, 5.41) is 6.69. The lowest BCUT2D eigenvalue weighted by atomic mass is 10.3. The Morgan fingerprint density at radius 2 is 2.00 bits per heavy atom. The van der Waals surface area contributed by atoms with Crippen LogP contribution in [-0.2, 0) is 16.4 Å². The van der Waals surface area contributed by atoms with Gasteiger partial charge in [-0.2, -0.15) is 4.98 Å². The Bertz CT molecular complexity index is 576. The summed E-state index contributed by atoms with van der Waals surface area (Å²) < 4.78 is 27.1. The number of nitrogens with one attached hydrogen (secondary N) is 1. The molecule has 0 fully saturated rings. The van der Waals surface area contributed by atoms with Gasteiger partial charge in [0.1, 0.15) is 0 Å². The van der Waals surface area contributed by atoms with Crippen LogP contribution in [0.3, 0.4) is 0 Å². The maximum Gasteiger partial charge on any atom is 0.213 e. The van der Waals surface area contributed by atoms with E-state index in [0.717, 1.165) is 5.69 Å². The maximum atomic E-state index is 11.2. The van der Waals surface area contributed by atoms with Crippen LogP contribution < -0.4 is 5.32 Å². The van der Waals surface area contributed by atoms with E-state index in [4.69, 9.17) is 0 Å². The van der Waals surface area contributed by atoms with Gasteiger partial charge in [0.2, 0.25) is 6.39 Å². The summed E-state index contributed by atoms with van der Waals surface area (Å²) in [5.41, 5.74) is 0.794. The van der Waals surface area contributed by atoms with Gasteiger partial charge in [-0.15, -0.1) is 0 Å². The lowest BCUT2D eigenvalue weighted by Gasteiger charge is -2.04. The molecule has 0 saturated heterocycles. The zero-order chi connectivity index (χ0) is 12.3. The number of anilines is 1. The van der Waals surface area contributed by atoms with E-state index < -0.39 is 9.84 Å². The highest BCUT2D eigenvalue weighted by Crippen LogP contribution is 2.14. The summed E-state index contributed by atoms with van der Waals surface area (Å²) in [6.07, 6.45) is 2.43. The van der Waals surface area contributed by atoms with Gasteiger partial charge >= 0.3 is 0 Å². The first-order valence-corrected chi connectivity index (χ1v) is 6.74. The Hall–Kier alpha value is -1.89. The highest BCUT2D eigenvalue weighted by Gasteiger charge is 2.06. The molecular weight excluding hydrogens is 242 g/mol. The molecule has 17 heavy (non-hydrogen) atoms. The van der Waals surface area contributed by atoms with Crippen LogP contribution in [0.25, 0.3) is 0 Å². The first kappa shape index (κ1) is 11.6. The van der Waals surface area contributed by atoms with Crippen LogP contribution in [0.1, 0.15) is 5.82 Å². The second-order valence-corrected chi connectivity index (χ2v) is 5.51. The molecule has 0 aliphatic carbocycles. The van der Waals surface area contributed by atoms with Crippen molar-refractivity contribution < 1.29 is 12.9 Å². The van der Waals surface area contributed by atoms with E-state index in [1.165, 1.54) is 12.6 Å². The third kappa shape index (κ3) is 3.04. The average molecular weight is 253 g/mol. The third-order valence-corrected chi connectivity index (χ3v) is 3.27. The lowest BCUT2D eigenvalue weighted by Crippen LogP contribution is -2.02. The van der Waals surface area contributed by atoms with Gasteiger partial charge in [0.15, 0.2) is 15.7 Å². The molecule has 1 N–H and O–H groups in total. The number of aromatic nitrogens is 2. The van der Waals surface area contributed by atoms with Crippen molar-refractivity contribution in [1.29, 1.82) is 0 Å². The van der Waals surface area contributed by atoms with Crippen molar-refractivity contribution >= 4 is 15.5 Å². The Balaban J connectivity index is 2.04. The summed E-state index contributed by atoms with van der Waals surface area (Å²) in [6.45, 7) is 0.425. The second kappa shape index (κ2) is 4.54. The maximum absolute atomic E-state index is 11.2. The zero-order valence-electron chi connectivity index (χ0n) is 9.12. The van der Waals surface area contributed by atoms with Gasteiger partial charge in [0.05, 0.1) is 11.4 Å². The Kier molecular flexibility index (Phi) is 3.10. The lowest BCUT2D eigenvalue weighted by molar-refractivity contribution is 0.411. The summed E-state index contributed by atoms with van der Waals surface area (Å²) >= 11 is 0.